The lowest BCUT2D eigenvalue weighted by Gasteiger charge is -2.02. The fraction of sp³-hybridized carbons (Fsp3) is 0.111. The minimum Gasteiger partial charge on any atom is -0.355 e. The average Bonchev–Trinajstić information content (AvgIpc) is 2.65. The molecule has 1 aromatic rings. The lowest BCUT2D eigenvalue weighted by molar-refractivity contribution is 0.216. The monoisotopic (exact) mass is 173 g/mol. The largest absolute Gasteiger partial charge is 0.355 e. The van der Waals surface area contributed by atoms with Crippen molar-refractivity contribution in [2.75, 3.05) is 5.32 Å². The highest BCUT2D eigenvalue weighted by atomic mass is 16.3. The molecular formula is C9H7N3O. The molecule has 4 heteroatoms. The first-order valence-electron chi connectivity index (χ1n) is 4.03. The summed E-state index contributed by atoms with van der Waals surface area (Å²) >= 11 is 0. The van der Waals surface area contributed by atoms with Gasteiger partial charge in [-0.3, -0.25) is 4.99 Å². The third-order valence-corrected chi connectivity index (χ3v) is 2.21. The normalized spacial score (nSPS) is 21.5. The number of aliphatic imine (C=N–C) groups is 1. The van der Waals surface area contributed by atoms with E-state index < -0.39 is 6.35 Å². The molecule has 2 aliphatic rings. The van der Waals surface area contributed by atoms with Gasteiger partial charge in [-0.15, -0.1) is 0 Å². The van der Waals surface area contributed by atoms with Gasteiger partial charge in [-0.25, -0.2) is 4.99 Å². The van der Waals surface area contributed by atoms with E-state index in [1.807, 2.05) is 12.1 Å². The van der Waals surface area contributed by atoms with E-state index in [0.29, 0.717) is 0 Å². The van der Waals surface area contributed by atoms with E-state index in [0.717, 1.165) is 21.8 Å². The van der Waals surface area contributed by atoms with Crippen LogP contribution < -0.4 is 15.9 Å². The Morgan fingerprint density at radius 1 is 1.38 bits per heavy atom. The van der Waals surface area contributed by atoms with Crippen LogP contribution in [0.1, 0.15) is 5.56 Å². The summed E-state index contributed by atoms with van der Waals surface area (Å²) < 4.78 is 0. The number of fused-ring (bicyclic) bond motifs is 3. The van der Waals surface area contributed by atoms with Gasteiger partial charge in [0.25, 0.3) is 0 Å². The van der Waals surface area contributed by atoms with E-state index in [4.69, 9.17) is 0 Å². The van der Waals surface area contributed by atoms with Gasteiger partial charge >= 0.3 is 0 Å². The zero-order valence-corrected chi connectivity index (χ0v) is 6.73. The third kappa shape index (κ3) is 0.831. The Labute approximate surface area is 74.0 Å². The maximum atomic E-state index is 9.25. The molecule has 0 fully saturated rings. The predicted octanol–water partition coefficient (Wildman–Crippen LogP) is -0.822. The van der Waals surface area contributed by atoms with E-state index in [1.54, 1.807) is 12.4 Å². The maximum absolute atomic E-state index is 9.25. The quantitative estimate of drug-likeness (QED) is 0.538. The van der Waals surface area contributed by atoms with Gasteiger partial charge in [0.1, 0.15) is 0 Å². The van der Waals surface area contributed by atoms with Crippen LogP contribution in [0.4, 0.5) is 5.69 Å². The number of benzene rings is 1. The number of hydrogen-bond donors (Lipinski definition) is 2. The highest BCUT2D eigenvalue weighted by Gasteiger charge is 2.16. The Morgan fingerprint density at radius 2 is 2.31 bits per heavy atom. The van der Waals surface area contributed by atoms with Crippen LogP contribution in [0.15, 0.2) is 22.1 Å². The molecule has 0 spiro atoms. The van der Waals surface area contributed by atoms with E-state index in [1.165, 1.54) is 0 Å². The van der Waals surface area contributed by atoms with Crippen LogP contribution in [0.2, 0.25) is 0 Å². The molecule has 0 saturated heterocycles. The second-order valence-electron chi connectivity index (χ2n) is 3.02. The molecule has 0 amide bonds. The molecule has 1 unspecified atom stereocenters. The van der Waals surface area contributed by atoms with Crippen LogP contribution in [0.3, 0.4) is 0 Å². The molecule has 2 N–H and O–H groups in total. The lowest BCUT2D eigenvalue weighted by Crippen LogP contribution is -2.16. The average molecular weight is 173 g/mol. The Hall–Kier alpha value is -1.68. The number of nitrogens with one attached hydrogen (secondary N) is 1. The number of rotatable bonds is 0. The highest BCUT2D eigenvalue weighted by Crippen LogP contribution is 2.11. The van der Waals surface area contributed by atoms with Crippen molar-refractivity contribution in [2.45, 2.75) is 6.35 Å². The molecule has 0 radical (unpaired) electrons. The fourth-order valence-electron chi connectivity index (χ4n) is 1.62. The molecule has 3 rings (SSSR count). The summed E-state index contributed by atoms with van der Waals surface area (Å²) in [6.45, 7) is 0. The van der Waals surface area contributed by atoms with Crippen LogP contribution in [0, 0.1) is 0 Å². The Kier molecular flexibility index (Phi) is 1.13. The molecule has 4 nitrogen and oxygen atoms in total. The van der Waals surface area contributed by atoms with Gasteiger partial charge in [-0.1, -0.05) is 6.07 Å². The summed E-state index contributed by atoms with van der Waals surface area (Å²) in [7, 11) is 0. The molecule has 0 bridgehead atoms. The summed E-state index contributed by atoms with van der Waals surface area (Å²) in [5, 5.41) is 14.0. The minimum absolute atomic E-state index is 0.799. The van der Waals surface area contributed by atoms with Gasteiger partial charge in [0.2, 0.25) is 6.35 Å². The van der Waals surface area contributed by atoms with Crippen molar-refractivity contribution in [2.24, 2.45) is 9.98 Å². The molecule has 2 aliphatic heterocycles. The molecule has 2 heterocycles. The van der Waals surface area contributed by atoms with Crippen molar-refractivity contribution in [3.63, 3.8) is 0 Å². The minimum atomic E-state index is -0.810. The Bertz CT molecular complexity index is 518. The maximum Gasteiger partial charge on any atom is 0.223 e. The molecule has 1 aromatic carbocycles. The topological polar surface area (TPSA) is 57.0 Å². The zero-order valence-electron chi connectivity index (χ0n) is 6.73. The first-order valence-corrected chi connectivity index (χ1v) is 4.03. The SMILES string of the molecule is OC1N=c2ccc3c(c2N1)C=NC=3. The van der Waals surface area contributed by atoms with E-state index in [-0.39, 0.29) is 0 Å². The van der Waals surface area contributed by atoms with Crippen LogP contribution >= 0.6 is 0 Å². The van der Waals surface area contributed by atoms with E-state index in [9.17, 15) is 5.11 Å². The van der Waals surface area contributed by atoms with Gasteiger partial charge in [-0.05, 0) is 6.07 Å². The predicted molar refractivity (Wildman–Crippen MR) is 48.9 cm³/mol. The molecule has 64 valence electrons. The van der Waals surface area contributed by atoms with E-state index in [2.05, 4.69) is 15.3 Å². The van der Waals surface area contributed by atoms with Crippen LogP contribution in [0.5, 0.6) is 0 Å². The highest BCUT2D eigenvalue weighted by molar-refractivity contribution is 5.92. The number of hydrogen-bond acceptors (Lipinski definition) is 4. The number of aliphatic hydroxyl groups is 1. The van der Waals surface area contributed by atoms with Crippen molar-refractivity contribution < 1.29 is 5.11 Å². The second-order valence-corrected chi connectivity index (χ2v) is 3.02. The van der Waals surface area contributed by atoms with Crippen LogP contribution in [-0.2, 0) is 0 Å². The molecule has 0 saturated carbocycles. The van der Waals surface area contributed by atoms with Crippen molar-refractivity contribution in [3.8, 4) is 0 Å². The summed E-state index contributed by atoms with van der Waals surface area (Å²) in [6.07, 6.45) is 2.76. The Balaban J connectivity index is 2.39. The molecule has 1 atom stereocenters. The number of aliphatic hydroxyl groups excluding tert-OH is 1. The number of nitrogens with zero attached hydrogens (tertiary/aromatic N) is 2. The van der Waals surface area contributed by atoms with Crippen molar-refractivity contribution in [1.29, 1.82) is 0 Å². The first kappa shape index (κ1) is 6.80. The first-order chi connectivity index (χ1) is 6.34. The summed E-state index contributed by atoms with van der Waals surface area (Å²) in [6, 6.07) is 3.83. The smallest absolute Gasteiger partial charge is 0.223 e. The summed E-state index contributed by atoms with van der Waals surface area (Å²) in [4.78, 5) is 8.04. The van der Waals surface area contributed by atoms with Gasteiger partial charge in [0.05, 0.1) is 11.0 Å². The van der Waals surface area contributed by atoms with Gasteiger partial charge in [-0.2, -0.15) is 0 Å². The summed E-state index contributed by atoms with van der Waals surface area (Å²) in [5.41, 5.74) is 1.89. The van der Waals surface area contributed by atoms with Gasteiger partial charge < -0.3 is 10.4 Å². The lowest BCUT2D eigenvalue weighted by atomic mass is 10.1. The molecule has 13 heavy (non-hydrogen) atoms. The van der Waals surface area contributed by atoms with Crippen LogP contribution in [-0.4, -0.2) is 17.7 Å². The zero-order chi connectivity index (χ0) is 8.84. The second kappa shape index (κ2) is 2.17. The fourth-order valence-corrected chi connectivity index (χ4v) is 1.62. The van der Waals surface area contributed by atoms with Crippen molar-refractivity contribution in [1.82, 2.24) is 0 Å². The third-order valence-electron chi connectivity index (χ3n) is 2.21. The van der Waals surface area contributed by atoms with Gasteiger partial charge in [0, 0.05) is 23.2 Å². The number of anilines is 1. The van der Waals surface area contributed by atoms with Crippen molar-refractivity contribution >= 4 is 18.1 Å². The Morgan fingerprint density at radius 3 is 3.23 bits per heavy atom. The van der Waals surface area contributed by atoms with Crippen LogP contribution in [0.25, 0.3) is 6.20 Å². The molecular weight excluding hydrogens is 166 g/mol. The van der Waals surface area contributed by atoms with Gasteiger partial charge in [0.15, 0.2) is 0 Å². The standard InChI is InChI=1S/C9H7N3O/c13-9-11-7-2-1-5-3-10-4-6(5)8(7)12-9/h1-4,9,12-13H. The van der Waals surface area contributed by atoms with Crippen molar-refractivity contribution in [3.05, 3.63) is 28.3 Å². The van der Waals surface area contributed by atoms with E-state index >= 15 is 0 Å². The molecule has 0 aromatic heterocycles. The molecule has 0 aliphatic carbocycles. The summed E-state index contributed by atoms with van der Waals surface area (Å²) in [5.74, 6) is 0.